The molecule has 3 heterocycles. The first-order valence-electron chi connectivity index (χ1n) is 12.7. The van der Waals surface area contributed by atoms with E-state index in [0.717, 1.165) is 17.7 Å². The number of ether oxygens (including phenoxy) is 2. The second-order valence-electron chi connectivity index (χ2n) is 10.1. The monoisotopic (exact) mass is 501 g/mol. The lowest BCUT2D eigenvalue weighted by Crippen LogP contribution is -2.29. The Hall–Kier alpha value is -4.00. The number of aliphatic hydroxyl groups is 1. The van der Waals surface area contributed by atoms with Crippen LogP contribution in [0.15, 0.2) is 70.9 Å². The Labute approximate surface area is 216 Å². The minimum Gasteiger partial charge on any atom is -0.507 e. The topological polar surface area (TPSA) is 89.2 Å². The molecule has 0 radical (unpaired) electrons. The number of hydrogen-bond donors (Lipinski definition) is 1. The number of furan rings is 1. The number of amides is 1. The lowest BCUT2D eigenvalue weighted by molar-refractivity contribution is -0.140. The molecule has 1 fully saturated rings. The van der Waals surface area contributed by atoms with Crippen molar-refractivity contribution in [1.29, 1.82) is 0 Å². The van der Waals surface area contributed by atoms with Crippen LogP contribution in [0.3, 0.4) is 0 Å². The van der Waals surface area contributed by atoms with Gasteiger partial charge in [-0.3, -0.25) is 9.59 Å². The molecule has 0 aliphatic carbocycles. The summed E-state index contributed by atoms with van der Waals surface area (Å²) in [6, 6.07) is 15.4. The molecule has 3 aromatic rings. The van der Waals surface area contributed by atoms with Crippen molar-refractivity contribution in [2.75, 3.05) is 6.61 Å². The Bertz CT molecular complexity index is 1340. The molecule has 2 aliphatic rings. The van der Waals surface area contributed by atoms with E-state index in [-0.39, 0.29) is 24.0 Å². The van der Waals surface area contributed by atoms with E-state index < -0.39 is 17.7 Å². The number of carbonyl (C=O) groups is 2. The van der Waals surface area contributed by atoms with Gasteiger partial charge in [-0.05, 0) is 72.9 Å². The number of carbonyl (C=O) groups excluding carboxylic acids is 2. The van der Waals surface area contributed by atoms with Crippen LogP contribution >= 0.6 is 0 Å². The van der Waals surface area contributed by atoms with E-state index in [1.165, 1.54) is 11.2 Å². The smallest absolute Gasteiger partial charge is 0.296 e. The first kappa shape index (κ1) is 24.7. The van der Waals surface area contributed by atoms with Crippen molar-refractivity contribution in [1.82, 2.24) is 4.90 Å². The van der Waals surface area contributed by atoms with Gasteiger partial charge in [0.15, 0.2) is 0 Å². The number of hydrogen-bond acceptors (Lipinski definition) is 6. The van der Waals surface area contributed by atoms with Crippen molar-refractivity contribution in [3.63, 3.8) is 0 Å². The summed E-state index contributed by atoms with van der Waals surface area (Å²) >= 11 is 0. The summed E-state index contributed by atoms with van der Waals surface area (Å²) in [5, 5.41) is 11.4. The molecule has 7 nitrogen and oxygen atoms in total. The molecule has 5 rings (SSSR count). The van der Waals surface area contributed by atoms with Crippen LogP contribution in [0.2, 0.25) is 0 Å². The molecule has 1 aromatic heterocycles. The Morgan fingerprint density at radius 2 is 1.97 bits per heavy atom. The molecule has 37 heavy (non-hydrogen) atoms. The molecular formula is C30H31NO6. The first-order chi connectivity index (χ1) is 17.8. The summed E-state index contributed by atoms with van der Waals surface area (Å²) in [4.78, 5) is 28.1. The van der Waals surface area contributed by atoms with Gasteiger partial charge in [0.05, 0.1) is 31.0 Å². The van der Waals surface area contributed by atoms with E-state index >= 15 is 0 Å². The first-order valence-corrected chi connectivity index (χ1v) is 12.7. The minimum atomic E-state index is -0.804. The normalized spacial score (nSPS) is 20.4. The molecule has 2 aromatic carbocycles. The number of benzene rings is 2. The van der Waals surface area contributed by atoms with Crippen LogP contribution in [-0.2, 0) is 22.6 Å². The highest BCUT2D eigenvalue weighted by Gasteiger charge is 2.46. The molecule has 2 atom stereocenters. The molecule has 0 saturated carbocycles. The van der Waals surface area contributed by atoms with Crippen LogP contribution in [-0.4, -0.2) is 34.4 Å². The van der Waals surface area contributed by atoms with Gasteiger partial charge in [-0.15, -0.1) is 0 Å². The molecule has 1 saturated heterocycles. The number of nitrogens with zero attached hydrogens (tertiary/aromatic N) is 1. The maximum atomic E-state index is 13.4. The molecule has 2 aliphatic heterocycles. The Balaban J connectivity index is 1.57. The van der Waals surface area contributed by atoms with Gasteiger partial charge in [0, 0.05) is 12.0 Å². The maximum absolute atomic E-state index is 13.4. The van der Waals surface area contributed by atoms with Crippen LogP contribution in [0.4, 0.5) is 0 Å². The van der Waals surface area contributed by atoms with Crippen LogP contribution in [0.25, 0.3) is 5.76 Å². The highest BCUT2D eigenvalue weighted by atomic mass is 16.5. The van der Waals surface area contributed by atoms with Gasteiger partial charge < -0.3 is 23.9 Å². The summed E-state index contributed by atoms with van der Waals surface area (Å²) in [6.07, 6.45) is 3.19. The van der Waals surface area contributed by atoms with E-state index in [2.05, 4.69) is 13.8 Å². The summed E-state index contributed by atoms with van der Waals surface area (Å²) in [6.45, 7) is 6.90. The maximum Gasteiger partial charge on any atom is 0.296 e. The highest BCUT2D eigenvalue weighted by molar-refractivity contribution is 6.46. The van der Waals surface area contributed by atoms with E-state index in [0.29, 0.717) is 41.6 Å². The Kier molecular flexibility index (Phi) is 6.78. The minimum absolute atomic E-state index is 0.0443. The van der Waals surface area contributed by atoms with Gasteiger partial charge in [0.25, 0.3) is 11.7 Å². The van der Waals surface area contributed by atoms with Gasteiger partial charge in [0.1, 0.15) is 29.1 Å². The molecule has 2 unspecified atom stereocenters. The van der Waals surface area contributed by atoms with E-state index in [1.54, 1.807) is 24.3 Å². The molecule has 7 heteroatoms. The van der Waals surface area contributed by atoms with Crippen LogP contribution < -0.4 is 9.47 Å². The van der Waals surface area contributed by atoms with Crippen molar-refractivity contribution in [3.05, 3.63) is 88.9 Å². The molecule has 1 amide bonds. The third-order valence-electron chi connectivity index (χ3n) is 6.75. The van der Waals surface area contributed by atoms with Gasteiger partial charge >= 0.3 is 0 Å². The van der Waals surface area contributed by atoms with E-state index in [1.807, 2.05) is 37.3 Å². The Morgan fingerprint density at radius 3 is 2.73 bits per heavy atom. The van der Waals surface area contributed by atoms with Gasteiger partial charge in [-0.1, -0.05) is 26.0 Å². The molecule has 0 bridgehead atoms. The predicted octanol–water partition coefficient (Wildman–Crippen LogP) is 5.65. The fraction of sp³-hybridized carbons (Fsp3) is 0.333. The number of ketones is 1. The average Bonchev–Trinajstić information content (AvgIpc) is 3.58. The van der Waals surface area contributed by atoms with Gasteiger partial charge in [-0.25, -0.2) is 0 Å². The zero-order chi connectivity index (χ0) is 26.1. The van der Waals surface area contributed by atoms with Gasteiger partial charge in [-0.2, -0.15) is 0 Å². The number of Topliss-reactive ketones (excluding diaryl/α,β-unsaturated/α-hetero) is 1. The van der Waals surface area contributed by atoms with Crippen LogP contribution in [0.1, 0.15) is 55.7 Å². The fourth-order valence-corrected chi connectivity index (χ4v) is 4.87. The third kappa shape index (κ3) is 4.99. The molecular weight excluding hydrogens is 470 g/mol. The second kappa shape index (κ2) is 10.2. The zero-order valence-electron chi connectivity index (χ0n) is 21.3. The van der Waals surface area contributed by atoms with Crippen molar-refractivity contribution < 1.29 is 28.6 Å². The van der Waals surface area contributed by atoms with Crippen LogP contribution in [0, 0.1) is 5.92 Å². The lowest BCUT2D eigenvalue weighted by Gasteiger charge is -2.25. The van der Waals surface area contributed by atoms with Crippen molar-refractivity contribution in [2.45, 2.75) is 52.3 Å². The quantitative estimate of drug-likeness (QED) is 0.244. The van der Waals surface area contributed by atoms with Crippen molar-refractivity contribution >= 4 is 17.4 Å². The van der Waals surface area contributed by atoms with Crippen LogP contribution in [0.5, 0.6) is 11.5 Å². The van der Waals surface area contributed by atoms with Gasteiger partial charge in [0.2, 0.25) is 0 Å². The van der Waals surface area contributed by atoms with E-state index in [9.17, 15) is 14.7 Å². The van der Waals surface area contributed by atoms with Crippen molar-refractivity contribution in [2.24, 2.45) is 5.92 Å². The molecule has 192 valence electrons. The second-order valence-corrected chi connectivity index (χ2v) is 10.1. The predicted molar refractivity (Wildman–Crippen MR) is 138 cm³/mol. The fourth-order valence-electron chi connectivity index (χ4n) is 4.87. The third-order valence-corrected chi connectivity index (χ3v) is 6.75. The van der Waals surface area contributed by atoms with E-state index in [4.69, 9.17) is 13.9 Å². The number of likely N-dealkylation sites (tertiary alicyclic amines) is 1. The summed E-state index contributed by atoms with van der Waals surface area (Å²) in [5.74, 6) is 0.830. The molecule has 1 N–H and O–H groups in total. The summed E-state index contributed by atoms with van der Waals surface area (Å²) in [7, 11) is 0. The number of fused-ring (bicyclic) bond motifs is 1. The standard InChI is InChI=1S/C30H31NO6/c1-18(2)11-13-36-23-7-4-6-20(16-23)27-26(29(33)30(34)31(27)17-24-8-5-12-35-24)28(32)21-9-10-25-22(15-21)14-19(3)37-25/h4-10,12,15-16,18-19,27,32H,11,13-14,17H2,1-3H3/b28-26+. The summed E-state index contributed by atoms with van der Waals surface area (Å²) in [5.41, 5.74) is 2.15. The number of aliphatic hydroxyl groups excluding tert-OH is 1. The summed E-state index contributed by atoms with van der Waals surface area (Å²) < 4.78 is 17.2. The average molecular weight is 502 g/mol. The highest BCUT2D eigenvalue weighted by Crippen LogP contribution is 2.42. The zero-order valence-corrected chi connectivity index (χ0v) is 21.3. The largest absolute Gasteiger partial charge is 0.507 e. The van der Waals surface area contributed by atoms with Crippen molar-refractivity contribution in [3.8, 4) is 11.5 Å². The SMILES string of the molecule is CC(C)CCOc1cccc(C2/C(=C(\O)c3ccc4c(c3)CC(C)O4)C(=O)C(=O)N2Cc2ccco2)c1. The molecule has 0 spiro atoms. The number of rotatable bonds is 8. The lowest BCUT2D eigenvalue weighted by atomic mass is 9.94. The Morgan fingerprint density at radius 1 is 1.14 bits per heavy atom.